The molecule has 0 atom stereocenters. The Balaban J connectivity index is 2.21. The lowest BCUT2D eigenvalue weighted by Crippen LogP contribution is -2.26. The molecule has 1 aromatic heterocycles. The molecule has 25 heavy (non-hydrogen) atoms. The monoisotopic (exact) mass is 400 g/mol. The summed E-state index contributed by atoms with van der Waals surface area (Å²) in [5, 5.41) is 11.1. The molecule has 10 heteroatoms. The number of nitrogens with zero attached hydrogens (tertiary/aromatic N) is 3. The standard InChI is InChI=1S/C15H20N4O3S3/c1-5-9-23-15-18-17-14(24-15)16-13(20)11-7-6-8-12(10(11)2)19(3)25(4,21)22/h6-8H,5,9H2,1-4H3,(H,16,17,20). The van der Waals surface area contributed by atoms with E-state index in [1.807, 2.05) is 0 Å². The van der Waals surface area contributed by atoms with Crippen molar-refractivity contribution < 1.29 is 13.2 Å². The lowest BCUT2D eigenvalue weighted by atomic mass is 10.1. The highest BCUT2D eigenvalue weighted by molar-refractivity contribution is 8.01. The van der Waals surface area contributed by atoms with Gasteiger partial charge in [-0.1, -0.05) is 36.1 Å². The van der Waals surface area contributed by atoms with Gasteiger partial charge in [0.15, 0.2) is 4.34 Å². The summed E-state index contributed by atoms with van der Waals surface area (Å²) in [5.74, 6) is 0.603. The van der Waals surface area contributed by atoms with Gasteiger partial charge in [0.25, 0.3) is 5.91 Å². The van der Waals surface area contributed by atoms with Gasteiger partial charge in [0, 0.05) is 18.4 Å². The van der Waals surface area contributed by atoms with Crippen molar-refractivity contribution in [1.82, 2.24) is 10.2 Å². The number of aromatic nitrogens is 2. The van der Waals surface area contributed by atoms with Crippen LogP contribution in [0.15, 0.2) is 22.5 Å². The summed E-state index contributed by atoms with van der Waals surface area (Å²) in [6.07, 6.45) is 2.15. The minimum atomic E-state index is -3.41. The molecule has 0 radical (unpaired) electrons. The number of hydrogen-bond acceptors (Lipinski definition) is 7. The number of hydrogen-bond donors (Lipinski definition) is 1. The van der Waals surface area contributed by atoms with Crippen LogP contribution in [0.25, 0.3) is 0 Å². The quantitative estimate of drug-likeness (QED) is 0.567. The van der Waals surface area contributed by atoms with Gasteiger partial charge in [-0.3, -0.25) is 14.4 Å². The first kappa shape index (κ1) is 19.7. The molecule has 0 saturated heterocycles. The summed E-state index contributed by atoms with van der Waals surface area (Å²) < 4.78 is 25.5. The van der Waals surface area contributed by atoms with Gasteiger partial charge in [-0.05, 0) is 31.0 Å². The van der Waals surface area contributed by atoms with E-state index in [1.165, 1.54) is 18.4 Å². The van der Waals surface area contributed by atoms with Crippen molar-refractivity contribution in [3.05, 3.63) is 29.3 Å². The first-order valence-electron chi connectivity index (χ1n) is 7.55. The minimum absolute atomic E-state index is 0.343. The van der Waals surface area contributed by atoms with Crippen LogP contribution >= 0.6 is 23.1 Å². The lowest BCUT2D eigenvalue weighted by molar-refractivity contribution is 0.102. The first-order chi connectivity index (χ1) is 11.7. The van der Waals surface area contributed by atoms with E-state index in [1.54, 1.807) is 36.9 Å². The second kappa shape index (κ2) is 8.15. The maximum absolute atomic E-state index is 12.5. The summed E-state index contributed by atoms with van der Waals surface area (Å²) in [6, 6.07) is 4.97. The van der Waals surface area contributed by atoms with E-state index in [0.717, 1.165) is 27.1 Å². The fourth-order valence-corrected chi connectivity index (χ4v) is 4.29. The maximum Gasteiger partial charge on any atom is 0.257 e. The van der Waals surface area contributed by atoms with Crippen molar-refractivity contribution in [2.75, 3.05) is 28.7 Å². The van der Waals surface area contributed by atoms with Gasteiger partial charge >= 0.3 is 0 Å². The molecule has 2 aromatic rings. The second-order valence-electron chi connectivity index (χ2n) is 5.36. The van der Waals surface area contributed by atoms with Crippen LogP contribution < -0.4 is 9.62 Å². The molecule has 0 unspecified atom stereocenters. The van der Waals surface area contributed by atoms with Crippen LogP contribution in [0.1, 0.15) is 29.3 Å². The predicted molar refractivity (Wildman–Crippen MR) is 103 cm³/mol. The summed E-state index contributed by atoms with van der Waals surface area (Å²) in [5.41, 5.74) is 1.44. The molecule has 1 aromatic carbocycles. The molecule has 0 aliphatic rings. The summed E-state index contributed by atoms with van der Waals surface area (Å²) >= 11 is 2.92. The number of sulfonamides is 1. The van der Waals surface area contributed by atoms with Gasteiger partial charge < -0.3 is 0 Å². The van der Waals surface area contributed by atoms with Crippen LogP contribution in [0.2, 0.25) is 0 Å². The highest BCUT2D eigenvalue weighted by Crippen LogP contribution is 2.28. The number of anilines is 2. The fourth-order valence-electron chi connectivity index (χ4n) is 2.06. The average Bonchev–Trinajstić information content (AvgIpc) is 2.98. The molecular formula is C15H20N4O3S3. The zero-order chi connectivity index (χ0) is 18.6. The fraction of sp³-hybridized carbons (Fsp3) is 0.400. The number of nitrogens with one attached hydrogen (secondary N) is 1. The molecule has 0 spiro atoms. The third-order valence-corrected chi connectivity index (χ3v) is 6.81. The summed E-state index contributed by atoms with van der Waals surface area (Å²) in [6.45, 7) is 3.80. The summed E-state index contributed by atoms with van der Waals surface area (Å²) in [4.78, 5) is 12.5. The molecule has 7 nitrogen and oxygen atoms in total. The van der Waals surface area contributed by atoms with E-state index in [9.17, 15) is 13.2 Å². The molecule has 1 N–H and O–H groups in total. The Kier molecular flexibility index (Phi) is 6.42. The topological polar surface area (TPSA) is 92.3 Å². The van der Waals surface area contributed by atoms with Crippen molar-refractivity contribution in [3.8, 4) is 0 Å². The van der Waals surface area contributed by atoms with E-state index in [4.69, 9.17) is 0 Å². The van der Waals surface area contributed by atoms with Gasteiger partial charge in [0.05, 0.1) is 11.9 Å². The summed E-state index contributed by atoms with van der Waals surface area (Å²) in [7, 11) is -1.95. The number of amides is 1. The molecule has 0 fully saturated rings. The first-order valence-corrected chi connectivity index (χ1v) is 11.2. The van der Waals surface area contributed by atoms with E-state index in [-0.39, 0.29) is 5.91 Å². The zero-order valence-electron chi connectivity index (χ0n) is 14.4. The molecule has 136 valence electrons. The van der Waals surface area contributed by atoms with Crippen LogP contribution in [0, 0.1) is 6.92 Å². The van der Waals surface area contributed by atoms with Crippen molar-refractivity contribution in [2.45, 2.75) is 24.6 Å². The predicted octanol–water partition coefficient (Wildman–Crippen LogP) is 3.00. The number of thioether (sulfide) groups is 1. The Bertz CT molecular complexity index is 865. The zero-order valence-corrected chi connectivity index (χ0v) is 16.9. The van der Waals surface area contributed by atoms with Crippen LogP contribution in [-0.2, 0) is 10.0 Å². The Hall–Kier alpha value is -1.65. The van der Waals surface area contributed by atoms with Crippen LogP contribution in [-0.4, -0.2) is 43.6 Å². The van der Waals surface area contributed by atoms with E-state index in [0.29, 0.717) is 21.9 Å². The number of rotatable bonds is 7. The Morgan fingerprint density at radius 3 is 2.72 bits per heavy atom. The number of benzene rings is 1. The maximum atomic E-state index is 12.5. The third kappa shape index (κ3) is 4.93. The largest absolute Gasteiger partial charge is 0.296 e. The van der Waals surface area contributed by atoms with Crippen molar-refractivity contribution in [2.24, 2.45) is 0 Å². The van der Waals surface area contributed by atoms with Crippen molar-refractivity contribution >= 4 is 49.8 Å². The van der Waals surface area contributed by atoms with Gasteiger partial charge in [-0.2, -0.15) is 0 Å². The van der Waals surface area contributed by atoms with Gasteiger partial charge in [0.2, 0.25) is 15.2 Å². The van der Waals surface area contributed by atoms with Gasteiger partial charge in [-0.25, -0.2) is 8.42 Å². The molecular weight excluding hydrogens is 380 g/mol. The third-order valence-electron chi connectivity index (χ3n) is 3.44. The SMILES string of the molecule is CCCSc1nnc(NC(=O)c2cccc(N(C)S(C)(=O)=O)c2C)s1. The number of carbonyl (C=O) groups excluding carboxylic acids is 1. The van der Waals surface area contributed by atoms with Gasteiger partial charge in [0.1, 0.15) is 0 Å². The average molecular weight is 401 g/mol. The Morgan fingerprint density at radius 1 is 1.36 bits per heavy atom. The molecule has 0 aliphatic carbocycles. The Morgan fingerprint density at radius 2 is 2.08 bits per heavy atom. The van der Waals surface area contributed by atoms with Crippen LogP contribution in [0.5, 0.6) is 0 Å². The minimum Gasteiger partial charge on any atom is -0.296 e. The smallest absolute Gasteiger partial charge is 0.257 e. The van der Waals surface area contributed by atoms with Crippen molar-refractivity contribution in [3.63, 3.8) is 0 Å². The van der Waals surface area contributed by atoms with Crippen molar-refractivity contribution in [1.29, 1.82) is 0 Å². The highest BCUT2D eigenvalue weighted by atomic mass is 32.2. The normalized spacial score (nSPS) is 11.4. The lowest BCUT2D eigenvalue weighted by Gasteiger charge is -2.20. The number of carbonyl (C=O) groups is 1. The molecule has 0 aliphatic heterocycles. The Labute approximate surface area is 155 Å². The molecule has 1 heterocycles. The highest BCUT2D eigenvalue weighted by Gasteiger charge is 2.19. The van der Waals surface area contributed by atoms with E-state index in [2.05, 4.69) is 22.4 Å². The van der Waals surface area contributed by atoms with Gasteiger partial charge in [-0.15, -0.1) is 10.2 Å². The molecule has 0 bridgehead atoms. The molecule has 2 rings (SSSR count). The second-order valence-corrected chi connectivity index (χ2v) is 9.69. The van der Waals surface area contributed by atoms with E-state index < -0.39 is 10.0 Å². The van der Waals surface area contributed by atoms with Crippen LogP contribution in [0.3, 0.4) is 0 Å². The molecule has 0 saturated carbocycles. The van der Waals surface area contributed by atoms with E-state index >= 15 is 0 Å². The van der Waals surface area contributed by atoms with Crippen LogP contribution in [0.4, 0.5) is 10.8 Å². The molecule has 1 amide bonds.